The van der Waals surface area contributed by atoms with Crippen LogP contribution in [0.25, 0.3) is 11.3 Å². The fraction of sp³-hybridized carbons (Fsp3) is 0.308. The molecule has 1 heterocycles. The number of benzene rings is 1. The first kappa shape index (κ1) is 11.8. The number of halogens is 1. The highest BCUT2D eigenvalue weighted by molar-refractivity contribution is 5.64. The van der Waals surface area contributed by atoms with E-state index in [4.69, 9.17) is 0 Å². The summed E-state index contributed by atoms with van der Waals surface area (Å²) in [6.07, 6.45) is 1.74. The number of aromatic nitrogens is 2. The zero-order valence-electron chi connectivity index (χ0n) is 10.1. The maximum atomic E-state index is 13.4. The van der Waals surface area contributed by atoms with Gasteiger partial charge < -0.3 is 5.32 Å². The highest BCUT2D eigenvalue weighted by Gasteiger charge is 2.10. The van der Waals surface area contributed by atoms with Crippen LogP contribution < -0.4 is 5.32 Å². The second-order valence-corrected chi connectivity index (χ2v) is 3.86. The molecule has 4 heteroatoms. The van der Waals surface area contributed by atoms with Crippen LogP contribution in [-0.4, -0.2) is 16.8 Å². The molecule has 0 aliphatic heterocycles. The summed E-state index contributed by atoms with van der Waals surface area (Å²) >= 11 is 0. The summed E-state index contributed by atoms with van der Waals surface area (Å²) < 4.78 is 15.2. The van der Waals surface area contributed by atoms with E-state index in [9.17, 15) is 4.39 Å². The van der Waals surface area contributed by atoms with Crippen molar-refractivity contribution in [1.29, 1.82) is 0 Å². The van der Waals surface area contributed by atoms with Crippen molar-refractivity contribution in [3.05, 3.63) is 41.8 Å². The molecule has 1 aromatic heterocycles. The Balaban J connectivity index is 2.52. The molecular formula is C13H16FN3. The van der Waals surface area contributed by atoms with E-state index in [1.165, 1.54) is 6.07 Å². The van der Waals surface area contributed by atoms with Crippen molar-refractivity contribution in [2.75, 3.05) is 7.05 Å². The second kappa shape index (κ2) is 5.10. The lowest BCUT2D eigenvalue weighted by Gasteiger charge is -2.11. The molecule has 0 unspecified atom stereocenters. The van der Waals surface area contributed by atoms with Gasteiger partial charge in [-0.05, 0) is 37.7 Å². The molecule has 0 aliphatic carbocycles. The van der Waals surface area contributed by atoms with Gasteiger partial charge in [0.25, 0.3) is 0 Å². The van der Waals surface area contributed by atoms with Crippen molar-refractivity contribution < 1.29 is 4.39 Å². The van der Waals surface area contributed by atoms with Crippen molar-refractivity contribution in [2.24, 2.45) is 0 Å². The standard InChI is InChI=1S/C13H16FN3/c1-3-17-13(6-7-16-17)12-8-11(14)5-4-10(12)9-15-2/h4-8,15H,3,9H2,1-2H3. The third-order valence-corrected chi connectivity index (χ3v) is 2.73. The Morgan fingerprint density at radius 2 is 2.18 bits per heavy atom. The summed E-state index contributed by atoms with van der Waals surface area (Å²) in [7, 11) is 1.88. The summed E-state index contributed by atoms with van der Waals surface area (Å²) in [6, 6.07) is 6.78. The Kier molecular flexibility index (Phi) is 3.54. The van der Waals surface area contributed by atoms with Crippen LogP contribution in [0.15, 0.2) is 30.5 Å². The van der Waals surface area contributed by atoms with Crippen molar-refractivity contribution >= 4 is 0 Å². The monoisotopic (exact) mass is 233 g/mol. The largest absolute Gasteiger partial charge is 0.316 e. The number of aryl methyl sites for hydroxylation is 1. The third-order valence-electron chi connectivity index (χ3n) is 2.73. The van der Waals surface area contributed by atoms with Gasteiger partial charge in [0.05, 0.1) is 5.69 Å². The molecule has 2 aromatic rings. The zero-order valence-corrected chi connectivity index (χ0v) is 10.1. The van der Waals surface area contributed by atoms with E-state index >= 15 is 0 Å². The molecule has 0 saturated heterocycles. The quantitative estimate of drug-likeness (QED) is 0.879. The van der Waals surface area contributed by atoms with E-state index < -0.39 is 0 Å². The van der Waals surface area contributed by atoms with E-state index in [1.54, 1.807) is 12.3 Å². The fourth-order valence-corrected chi connectivity index (χ4v) is 1.95. The lowest BCUT2D eigenvalue weighted by molar-refractivity contribution is 0.625. The smallest absolute Gasteiger partial charge is 0.123 e. The molecule has 1 N–H and O–H groups in total. The summed E-state index contributed by atoms with van der Waals surface area (Å²) in [5.74, 6) is -0.219. The number of nitrogens with one attached hydrogen (secondary N) is 1. The molecule has 0 fully saturated rings. The maximum Gasteiger partial charge on any atom is 0.123 e. The number of rotatable bonds is 4. The number of hydrogen-bond donors (Lipinski definition) is 1. The molecular weight excluding hydrogens is 217 g/mol. The Morgan fingerprint density at radius 3 is 2.88 bits per heavy atom. The number of hydrogen-bond acceptors (Lipinski definition) is 2. The van der Waals surface area contributed by atoms with Crippen LogP contribution in [0.2, 0.25) is 0 Å². The molecule has 3 nitrogen and oxygen atoms in total. The van der Waals surface area contributed by atoms with Gasteiger partial charge in [-0.1, -0.05) is 6.07 Å². The molecule has 90 valence electrons. The summed E-state index contributed by atoms with van der Waals surface area (Å²) in [5.41, 5.74) is 2.93. The van der Waals surface area contributed by atoms with Crippen LogP contribution in [0, 0.1) is 5.82 Å². The van der Waals surface area contributed by atoms with Crippen LogP contribution in [0.1, 0.15) is 12.5 Å². The van der Waals surface area contributed by atoms with Gasteiger partial charge in [0.2, 0.25) is 0 Å². The van der Waals surface area contributed by atoms with Crippen molar-refractivity contribution in [3.8, 4) is 11.3 Å². The lowest BCUT2D eigenvalue weighted by atomic mass is 10.0. The van der Waals surface area contributed by atoms with E-state index in [0.29, 0.717) is 6.54 Å². The van der Waals surface area contributed by atoms with Crippen molar-refractivity contribution in [2.45, 2.75) is 20.0 Å². The highest BCUT2D eigenvalue weighted by Crippen LogP contribution is 2.24. The molecule has 1 aromatic carbocycles. The average molecular weight is 233 g/mol. The SMILES string of the molecule is CCn1nccc1-c1cc(F)ccc1CNC. The molecule has 0 saturated carbocycles. The molecule has 0 bridgehead atoms. The van der Waals surface area contributed by atoms with Crippen molar-refractivity contribution in [1.82, 2.24) is 15.1 Å². The van der Waals surface area contributed by atoms with Gasteiger partial charge in [-0.2, -0.15) is 5.10 Å². The Morgan fingerprint density at radius 1 is 1.35 bits per heavy atom. The molecule has 0 spiro atoms. The van der Waals surface area contributed by atoms with Crippen LogP contribution >= 0.6 is 0 Å². The van der Waals surface area contributed by atoms with Crippen molar-refractivity contribution in [3.63, 3.8) is 0 Å². The minimum Gasteiger partial charge on any atom is -0.316 e. The van der Waals surface area contributed by atoms with E-state index in [-0.39, 0.29) is 5.82 Å². The molecule has 0 aliphatic rings. The van der Waals surface area contributed by atoms with Crippen LogP contribution in [0.4, 0.5) is 4.39 Å². The van der Waals surface area contributed by atoms with Crippen LogP contribution in [-0.2, 0) is 13.1 Å². The number of nitrogens with zero attached hydrogens (tertiary/aromatic N) is 2. The highest BCUT2D eigenvalue weighted by atomic mass is 19.1. The topological polar surface area (TPSA) is 29.9 Å². The molecule has 0 radical (unpaired) electrons. The summed E-state index contributed by atoms with van der Waals surface area (Å²) in [5, 5.41) is 7.31. The maximum absolute atomic E-state index is 13.4. The minimum atomic E-state index is -0.219. The summed E-state index contributed by atoms with van der Waals surface area (Å²) in [4.78, 5) is 0. The lowest BCUT2D eigenvalue weighted by Crippen LogP contribution is -2.08. The van der Waals surface area contributed by atoms with E-state index in [2.05, 4.69) is 10.4 Å². The Hall–Kier alpha value is -1.68. The fourth-order valence-electron chi connectivity index (χ4n) is 1.95. The first-order chi connectivity index (χ1) is 8.26. The van der Waals surface area contributed by atoms with Gasteiger partial charge in [-0.15, -0.1) is 0 Å². The normalized spacial score (nSPS) is 10.8. The van der Waals surface area contributed by atoms with E-state index in [1.807, 2.05) is 30.8 Å². The van der Waals surface area contributed by atoms with Crippen LogP contribution in [0.5, 0.6) is 0 Å². The average Bonchev–Trinajstić information content (AvgIpc) is 2.79. The van der Waals surface area contributed by atoms with Crippen LogP contribution in [0.3, 0.4) is 0 Å². The molecule has 2 rings (SSSR count). The zero-order chi connectivity index (χ0) is 12.3. The van der Waals surface area contributed by atoms with Gasteiger partial charge >= 0.3 is 0 Å². The van der Waals surface area contributed by atoms with Gasteiger partial charge in [-0.3, -0.25) is 4.68 Å². The first-order valence-corrected chi connectivity index (χ1v) is 5.71. The Bertz CT molecular complexity index is 505. The van der Waals surface area contributed by atoms with Gasteiger partial charge in [0, 0.05) is 24.8 Å². The molecule has 17 heavy (non-hydrogen) atoms. The predicted octanol–water partition coefficient (Wildman–Crippen LogP) is 2.43. The third kappa shape index (κ3) is 2.36. The molecule has 0 amide bonds. The van der Waals surface area contributed by atoms with Gasteiger partial charge in [0.15, 0.2) is 0 Å². The minimum absolute atomic E-state index is 0.219. The Labute approximate surface area is 100 Å². The van der Waals surface area contributed by atoms with Gasteiger partial charge in [-0.25, -0.2) is 4.39 Å². The first-order valence-electron chi connectivity index (χ1n) is 5.71. The van der Waals surface area contributed by atoms with Gasteiger partial charge in [0.1, 0.15) is 5.82 Å². The van der Waals surface area contributed by atoms with E-state index in [0.717, 1.165) is 23.4 Å². The molecule has 0 atom stereocenters. The summed E-state index contributed by atoms with van der Waals surface area (Å²) in [6.45, 7) is 3.51. The second-order valence-electron chi connectivity index (χ2n) is 3.86. The predicted molar refractivity (Wildman–Crippen MR) is 66.1 cm³/mol.